The van der Waals surface area contributed by atoms with E-state index in [1.54, 1.807) is 18.5 Å². The first-order valence-electron chi connectivity index (χ1n) is 7.12. The van der Waals surface area contributed by atoms with E-state index in [4.69, 9.17) is 0 Å². The highest BCUT2D eigenvalue weighted by atomic mass is 16.1. The topological polar surface area (TPSA) is 79.8 Å². The molecule has 0 bridgehead atoms. The van der Waals surface area contributed by atoms with Crippen LogP contribution in [0.15, 0.2) is 67.3 Å². The lowest BCUT2D eigenvalue weighted by Gasteiger charge is -2.07. The van der Waals surface area contributed by atoms with Gasteiger partial charge in [0.1, 0.15) is 17.8 Å². The summed E-state index contributed by atoms with van der Waals surface area (Å²) in [7, 11) is 0. The molecule has 0 atom stereocenters. The molecule has 114 valence electrons. The van der Waals surface area contributed by atoms with Crippen molar-refractivity contribution in [1.82, 2.24) is 15.0 Å². The Labute approximate surface area is 133 Å². The molecule has 0 radical (unpaired) electrons. The van der Waals surface area contributed by atoms with E-state index in [1.165, 1.54) is 6.33 Å². The lowest BCUT2D eigenvalue weighted by atomic mass is 10.3. The van der Waals surface area contributed by atoms with Crippen LogP contribution in [0.25, 0.3) is 0 Å². The Morgan fingerprint density at radius 1 is 1.04 bits per heavy atom. The SMILES string of the molecule is O=C(Nc1ccccc1)c1cc(NCc2cccnc2)ncn1. The number of nitrogens with one attached hydrogen (secondary N) is 2. The Bertz CT molecular complexity index is 777. The highest BCUT2D eigenvalue weighted by Gasteiger charge is 2.09. The van der Waals surface area contributed by atoms with Gasteiger partial charge in [-0.25, -0.2) is 9.97 Å². The zero-order valence-corrected chi connectivity index (χ0v) is 12.3. The van der Waals surface area contributed by atoms with Crippen molar-refractivity contribution in [3.05, 3.63) is 78.5 Å². The minimum atomic E-state index is -0.275. The average Bonchev–Trinajstić information content (AvgIpc) is 2.62. The van der Waals surface area contributed by atoms with Crippen LogP contribution in [0, 0.1) is 0 Å². The van der Waals surface area contributed by atoms with Gasteiger partial charge in [0.15, 0.2) is 0 Å². The van der Waals surface area contributed by atoms with Crippen LogP contribution in [0.3, 0.4) is 0 Å². The second-order valence-electron chi connectivity index (χ2n) is 4.82. The first-order valence-corrected chi connectivity index (χ1v) is 7.12. The van der Waals surface area contributed by atoms with E-state index < -0.39 is 0 Å². The van der Waals surface area contributed by atoms with Crippen LogP contribution < -0.4 is 10.6 Å². The second-order valence-corrected chi connectivity index (χ2v) is 4.82. The maximum atomic E-state index is 12.2. The number of nitrogens with zero attached hydrogens (tertiary/aromatic N) is 3. The first kappa shape index (κ1) is 14.6. The van der Waals surface area contributed by atoms with Gasteiger partial charge in [-0.1, -0.05) is 24.3 Å². The number of benzene rings is 1. The third-order valence-electron chi connectivity index (χ3n) is 3.13. The number of hydrogen-bond acceptors (Lipinski definition) is 5. The van der Waals surface area contributed by atoms with Gasteiger partial charge in [0, 0.05) is 30.7 Å². The van der Waals surface area contributed by atoms with Gasteiger partial charge < -0.3 is 10.6 Å². The molecule has 0 fully saturated rings. The molecule has 0 aliphatic rings. The molecule has 3 aromatic rings. The summed E-state index contributed by atoms with van der Waals surface area (Å²) in [4.78, 5) is 24.4. The molecule has 3 rings (SSSR count). The van der Waals surface area contributed by atoms with Crippen molar-refractivity contribution in [2.75, 3.05) is 10.6 Å². The van der Waals surface area contributed by atoms with Crippen LogP contribution in [-0.2, 0) is 6.54 Å². The number of para-hydroxylation sites is 1. The van der Waals surface area contributed by atoms with Gasteiger partial charge in [-0.05, 0) is 23.8 Å². The fourth-order valence-corrected chi connectivity index (χ4v) is 1.99. The first-order chi connectivity index (χ1) is 11.3. The summed E-state index contributed by atoms with van der Waals surface area (Å²) >= 11 is 0. The molecular formula is C17H15N5O. The number of aromatic nitrogens is 3. The molecule has 0 spiro atoms. The molecule has 0 saturated heterocycles. The van der Waals surface area contributed by atoms with Gasteiger partial charge in [0.25, 0.3) is 5.91 Å². The molecule has 6 heteroatoms. The van der Waals surface area contributed by atoms with Gasteiger partial charge >= 0.3 is 0 Å². The lowest BCUT2D eigenvalue weighted by molar-refractivity contribution is 0.102. The highest BCUT2D eigenvalue weighted by Crippen LogP contribution is 2.10. The number of pyridine rings is 1. The Morgan fingerprint density at radius 3 is 2.70 bits per heavy atom. The van der Waals surface area contributed by atoms with E-state index in [0.29, 0.717) is 18.1 Å². The summed E-state index contributed by atoms with van der Waals surface area (Å²) in [6.45, 7) is 0.574. The highest BCUT2D eigenvalue weighted by molar-refractivity contribution is 6.03. The zero-order chi connectivity index (χ0) is 15.9. The zero-order valence-electron chi connectivity index (χ0n) is 12.3. The van der Waals surface area contributed by atoms with Crippen molar-refractivity contribution in [3.8, 4) is 0 Å². The van der Waals surface area contributed by atoms with Crippen LogP contribution in [0.1, 0.15) is 16.1 Å². The number of carbonyl (C=O) groups is 1. The molecule has 0 aliphatic heterocycles. The molecule has 0 aliphatic carbocycles. The minimum Gasteiger partial charge on any atom is -0.366 e. The summed E-state index contributed by atoms with van der Waals surface area (Å²) in [6, 6.07) is 14.7. The van der Waals surface area contributed by atoms with Crippen molar-refractivity contribution in [1.29, 1.82) is 0 Å². The summed E-state index contributed by atoms with van der Waals surface area (Å²) in [6.07, 6.45) is 4.86. The predicted molar refractivity (Wildman–Crippen MR) is 88.0 cm³/mol. The van der Waals surface area contributed by atoms with Crippen LogP contribution in [0.5, 0.6) is 0 Å². The van der Waals surface area contributed by atoms with E-state index in [0.717, 1.165) is 11.3 Å². The largest absolute Gasteiger partial charge is 0.366 e. The Hall–Kier alpha value is -3.28. The molecule has 0 unspecified atom stereocenters. The monoisotopic (exact) mass is 305 g/mol. The smallest absolute Gasteiger partial charge is 0.274 e. The molecule has 1 amide bonds. The van der Waals surface area contributed by atoms with Crippen molar-refractivity contribution in [2.24, 2.45) is 0 Å². The van der Waals surface area contributed by atoms with Crippen LogP contribution in [0.2, 0.25) is 0 Å². The fraction of sp³-hybridized carbons (Fsp3) is 0.0588. The molecule has 2 heterocycles. The van der Waals surface area contributed by atoms with Crippen LogP contribution >= 0.6 is 0 Å². The molecule has 0 saturated carbocycles. The van der Waals surface area contributed by atoms with E-state index in [-0.39, 0.29) is 5.91 Å². The average molecular weight is 305 g/mol. The van der Waals surface area contributed by atoms with Gasteiger partial charge in [0.05, 0.1) is 0 Å². The third-order valence-corrected chi connectivity index (χ3v) is 3.13. The summed E-state index contributed by atoms with van der Waals surface area (Å²) in [5.74, 6) is 0.310. The second kappa shape index (κ2) is 7.13. The number of hydrogen-bond donors (Lipinski definition) is 2. The third kappa shape index (κ3) is 4.10. The standard InChI is InChI=1S/C17H15N5O/c23-17(22-14-6-2-1-3-7-14)15-9-16(21-12-20-15)19-11-13-5-4-8-18-10-13/h1-10,12H,11H2,(H,22,23)(H,19,20,21). The van der Waals surface area contributed by atoms with Crippen molar-refractivity contribution in [2.45, 2.75) is 6.54 Å². The molecule has 1 aromatic carbocycles. The number of carbonyl (C=O) groups excluding carboxylic acids is 1. The summed E-state index contributed by atoms with van der Waals surface area (Å²) < 4.78 is 0. The quantitative estimate of drug-likeness (QED) is 0.757. The molecule has 2 N–H and O–H groups in total. The maximum absolute atomic E-state index is 12.2. The number of amides is 1. The molecular weight excluding hydrogens is 290 g/mol. The normalized spacial score (nSPS) is 10.1. The Morgan fingerprint density at radius 2 is 1.91 bits per heavy atom. The summed E-state index contributed by atoms with van der Waals surface area (Å²) in [5.41, 5.74) is 2.06. The fourth-order valence-electron chi connectivity index (χ4n) is 1.99. The number of anilines is 2. The van der Waals surface area contributed by atoms with E-state index >= 15 is 0 Å². The van der Waals surface area contributed by atoms with Gasteiger partial charge in [0.2, 0.25) is 0 Å². The Balaban J connectivity index is 1.66. The minimum absolute atomic E-state index is 0.275. The van der Waals surface area contributed by atoms with Crippen LogP contribution in [0.4, 0.5) is 11.5 Å². The Kier molecular flexibility index (Phi) is 4.54. The van der Waals surface area contributed by atoms with Gasteiger partial charge in [-0.3, -0.25) is 9.78 Å². The molecule has 2 aromatic heterocycles. The predicted octanol–water partition coefficient (Wildman–Crippen LogP) is 2.74. The maximum Gasteiger partial charge on any atom is 0.274 e. The van der Waals surface area contributed by atoms with Crippen molar-refractivity contribution in [3.63, 3.8) is 0 Å². The van der Waals surface area contributed by atoms with E-state index in [1.807, 2.05) is 42.5 Å². The van der Waals surface area contributed by atoms with Crippen molar-refractivity contribution >= 4 is 17.4 Å². The van der Waals surface area contributed by atoms with E-state index in [9.17, 15) is 4.79 Å². The van der Waals surface area contributed by atoms with Crippen molar-refractivity contribution < 1.29 is 4.79 Å². The molecule has 23 heavy (non-hydrogen) atoms. The summed E-state index contributed by atoms with van der Waals surface area (Å²) in [5, 5.41) is 5.94. The van der Waals surface area contributed by atoms with E-state index in [2.05, 4.69) is 25.6 Å². The van der Waals surface area contributed by atoms with Crippen LogP contribution in [-0.4, -0.2) is 20.9 Å². The number of rotatable bonds is 5. The van der Waals surface area contributed by atoms with Gasteiger partial charge in [-0.2, -0.15) is 0 Å². The molecule has 6 nitrogen and oxygen atoms in total. The van der Waals surface area contributed by atoms with Gasteiger partial charge in [-0.15, -0.1) is 0 Å². The lowest BCUT2D eigenvalue weighted by Crippen LogP contribution is -2.14.